The van der Waals surface area contributed by atoms with E-state index in [2.05, 4.69) is 21.4 Å². The highest BCUT2D eigenvalue weighted by atomic mass is 14.9. The van der Waals surface area contributed by atoms with E-state index < -0.39 is 0 Å². The summed E-state index contributed by atoms with van der Waals surface area (Å²) in [4.78, 5) is 7.49. The predicted octanol–water partition coefficient (Wildman–Crippen LogP) is 2.31. The standard InChI is InChI=1S/C9H11N3.C2H6/c1-10-6-8-3-2-7-4-5-11-9(7)12-8;1-2/h2-5,10H,6H2,1H3,(H,11,12);1-2H3. The topological polar surface area (TPSA) is 40.7 Å². The lowest BCUT2D eigenvalue weighted by molar-refractivity contribution is 0.795. The van der Waals surface area contributed by atoms with E-state index in [1.165, 1.54) is 0 Å². The smallest absolute Gasteiger partial charge is 0.137 e. The lowest BCUT2D eigenvalue weighted by Gasteiger charge is -1.97. The van der Waals surface area contributed by atoms with Crippen molar-refractivity contribution in [2.75, 3.05) is 7.05 Å². The maximum atomic E-state index is 4.41. The molecule has 0 radical (unpaired) electrons. The first-order valence-electron chi connectivity index (χ1n) is 4.98. The molecule has 0 saturated heterocycles. The Bertz CT molecular complexity index is 379. The third-order valence-electron chi connectivity index (χ3n) is 1.82. The molecule has 0 atom stereocenters. The van der Waals surface area contributed by atoms with Crippen molar-refractivity contribution in [1.29, 1.82) is 0 Å². The molecule has 0 aliphatic rings. The maximum Gasteiger partial charge on any atom is 0.137 e. The van der Waals surface area contributed by atoms with Gasteiger partial charge in [0.1, 0.15) is 5.65 Å². The van der Waals surface area contributed by atoms with Crippen LogP contribution in [0.1, 0.15) is 19.5 Å². The van der Waals surface area contributed by atoms with Gasteiger partial charge in [0.2, 0.25) is 0 Å². The summed E-state index contributed by atoms with van der Waals surface area (Å²) in [5.74, 6) is 0. The Balaban J connectivity index is 0.000000461. The van der Waals surface area contributed by atoms with Gasteiger partial charge >= 0.3 is 0 Å². The largest absolute Gasteiger partial charge is 0.346 e. The van der Waals surface area contributed by atoms with Crippen LogP contribution in [0.25, 0.3) is 11.0 Å². The molecule has 0 unspecified atom stereocenters. The number of nitrogens with zero attached hydrogens (tertiary/aromatic N) is 1. The van der Waals surface area contributed by atoms with E-state index in [1.807, 2.05) is 39.2 Å². The number of hydrogen-bond acceptors (Lipinski definition) is 2. The molecule has 3 heteroatoms. The number of nitrogens with one attached hydrogen (secondary N) is 2. The number of aromatic amines is 1. The van der Waals surface area contributed by atoms with Gasteiger partial charge in [-0.05, 0) is 25.2 Å². The van der Waals surface area contributed by atoms with Crippen molar-refractivity contribution < 1.29 is 0 Å². The van der Waals surface area contributed by atoms with Crippen molar-refractivity contribution in [3.63, 3.8) is 0 Å². The molecule has 76 valence electrons. The zero-order chi connectivity index (χ0) is 10.4. The summed E-state index contributed by atoms with van der Waals surface area (Å²) < 4.78 is 0. The quantitative estimate of drug-likeness (QED) is 0.764. The minimum Gasteiger partial charge on any atom is -0.346 e. The van der Waals surface area contributed by atoms with Crippen molar-refractivity contribution >= 4 is 11.0 Å². The highest BCUT2D eigenvalue weighted by molar-refractivity contribution is 5.75. The van der Waals surface area contributed by atoms with Crippen LogP contribution in [0.15, 0.2) is 24.4 Å². The molecule has 14 heavy (non-hydrogen) atoms. The van der Waals surface area contributed by atoms with E-state index >= 15 is 0 Å². The van der Waals surface area contributed by atoms with Crippen molar-refractivity contribution in [1.82, 2.24) is 15.3 Å². The molecule has 0 bridgehead atoms. The van der Waals surface area contributed by atoms with Crippen LogP contribution in [0.4, 0.5) is 0 Å². The van der Waals surface area contributed by atoms with Crippen LogP contribution in [-0.4, -0.2) is 17.0 Å². The molecule has 2 heterocycles. The van der Waals surface area contributed by atoms with Crippen molar-refractivity contribution in [3.8, 4) is 0 Å². The third kappa shape index (κ3) is 2.33. The summed E-state index contributed by atoms with van der Waals surface area (Å²) in [6.07, 6.45) is 1.90. The van der Waals surface area contributed by atoms with E-state index in [9.17, 15) is 0 Å². The number of hydrogen-bond donors (Lipinski definition) is 2. The van der Waals surface area contributed by atoms with Crippen LogP contribution < -0.4 is 5.32 Å². The van der Waals surface area contributed by atoms with Gasteiger partial charge in [-0.25, -0.2) is 4.98 Å². The Hall–Kier alpha value is -1.35. The van der Waals surface area contributed by atoms with E-state index in [0.29, 0.717) is 0 Å². The lowest BCUT2D eigenvalue weighted by atomic mass is 10.3. The molecule has 0 saturated carbocycles. The van der Waals surface area contributed by atoms with E-state index in [1.54, 1.807) is 0 Å². The lowest BCUT2D eigenvalue weighted by Crippen LogP contribution is -2.06. The molecular weight excluding hydrogens is 174 g/mol. The normalized spacial score (nSPS) is 9.64. The van der Waals surface area contributed by atoms with Crippen LogP contribution >= 0.6 is 0 Å². The van der Waals surface area contributed by atoms with Gasteiger partial charge in [-0.1, -0.05) is 13.8 Å². The van der Waals surface area contributed by atoms with E-state index in [4.69, 9.17) is 0 Å². The monoisotopic (exact) mass is 191 g/mol. The zero-order valence-corrected chi connectivity index (χ0v) is 8.96. The molecule has 2 aromatic rings. The molecule has 0 aliphatic carbocycles. The van der Waals surface area contributed by atoms with Crippen LogP contribution in [0.3, 0.4) is 0 Å². The molecule has 2 rings (SSSR count). The van der Waals surface area contributed by atoms with Crippen LogP contribution in [-0.2, 0) is 6.54 Å². The Kier molecular flexibility index (Phi) is 4.13. The first kappa shape index (κ1) is 10.7. The molecule has 2 N–H and O–H groups in total. The van der Waals surface area contributed by atoms with Gasteiger partial charge in [-0.2, -0.15) is 0 Å². The molecule has 0 aliphatic heterocycles. The molecule has 0 amide bonds. The highest BCUT2D eigenvalue weighted by Crippen LogP contribution is 2.09. The van der Waals surface area contributed by atoms with Gasteiger partial charge in [0.15, 0.2) is 0 Å². The van der Waals surface area contributed by atoms with Gasteiger partial charge in [0.25, 0.3) is 0 Å². The van der Waals surface area contributed by atoms with Crippen molar-refractivity contribution in [2.45, 2.75) is 20.4 Å². The molecule has 0 aromatic carbocycles. The summed E-state index contributed by atoms with van der Waals surface area (Å²) in [5.41, 5.74) is 2.02. The minimum absolute atomic E-state index is 0.814. The fourth-order valence-electron chi connectivity index (χ4n) is 1.25. The fraction of sp³-hybridized carbons (Fsp3) is 0.364. The second-order valence-corrected chi connectivity index (χ2v) is 2.75. The van der Waals surface area contributed by atoms with Crippen LogP contribution in [0, 0.1) is 0 Å². The Morgan fingerprint density at radius 1 is 1.29 bits per heavy atom. The average Bonchev–Trinajstić information content (AvgIpc) is 2.68. The SMILES string of the molecule is CC.CNCc1ccc2cc[nH]c2n1. The average molecular weight is 191 g/mol. The van der Waals surface area contributed by atoms with Gasteiger partial charge in [-0.15, -0.1) is 0 Å². The first-order chi connectivity index (χ1) is 6.90. The van der Waals surface area contributed by atoms with Gasteiger partial charge in [0, 0.05) is 18.1 Å². The number of H-pyrrole nitrogens is 1. The summed E-state index contributed by atoms with van der Waals surface area (Å²) in [6.45, 7) is 4.81. The Morgan fingerprint density at radius 2 is 2.07 bits per heavy atom. The molecule has 3 nitrogen and oxygen atoms in total. The van der Waals surface area contributed by atoms with E-state index in [-0.39, 0.29) is 0 Å². The predicted molar refractivity (Wildman–Crippen MR) is 60.2 cm³/mol. The Labute approximate surface area is 84.6 Å². The second kappa shape index (κ2) is 5.40. The minimum atomic E-state index is 0.814. The van der Waals surface area contributed by atoms with Crippen molar-refractivity contribution in [3.05, 3.63) is 30.1 Å². The summed E-state index contributed by atoms with van der Waals surface area (Å²) in [6, 6.07) is 6.13. The maximum absolute atomic E-state index is 4.41. The molecule has 2 aromatic heterocycles. The summed E-state index contributed by atoms with van der Waals surface area (Å²) in [5, 5.41) is 4.23. The second-order valence-electron chi connectivity index (χ2n) is 2.75. The first-order valence-corrected chi connectivity index (χ1v) is 4.98. The number of rotatable bonds is 2. The number of fused-ring (bicyclic) bond motifs is 1. The summed E-state index contributed by atoms with van der Waals surface area (Å²) >= 11 is 0. The highest BCUT2D eigenvalue weighted by Gasteiger charge is 1.96. The van der Waals surface area contributed by atoms with Gasteiger partial charge < -0.3 is 10.3 Å². The van der Waals surface area contributed by atoms with E-state index in [0.717, 1.165) is 23.3 Å². The van der Waals surface area contributed by atoms with Gasteiger partial charge in [-0.3, -0.25) is 0 Å². The molecule has 0 fully saturated rings. The van der Waals surface area contributed by atoms with Crippen LogP contribution in [0.2, 0.25) is 0 Å². The van der Waals surface area contributed by atoms with Gasteiger partial charge in [0.05, 0.1) is 5.69 Å². The number of pyridine rings is 1. The number of aromatic nitrogens is 2. The van der Waals surface area contributed by atoms with Crippen LogP contribution in [0.5, 0.6) is 0 Å². The van der Waals surface area contributed by atoms with Crippen molar-refractivity contribution in [2.24, 2.45) is 0 Å². The third-order valence-corrected chi connectivity index (χ3v) is 1.82. The molecule has 0 spiro atoms. The zero-order valence-electron chi connectivity index (χ0n) is 8.96. The Morgan fingerprint density at radius 3 is 2.79 bits per heavy atom. The summed E-state index contributed by atoms with van der Waals surface area (Å²) in [7, 11) is 1.92. The fourth-order valence-corrected chi connectivity index (χ4v) is 1.25. The molecular formula is C11H17N3.